The van der Waals surface area contributed by atoms with Crippen molar-refractivity contribution in [2.75, 3.05) is 19.6 Å². The van der Waals surface area contributed by atoms with E-state index < -0.39 is 0 Å². The zero-order chi connectivity index (χ0) is 13.0. The lowest BCUT2D eigenvalue weighted by Gasteiger charge is -2.27. The van der Waals surface area contributed by atoms with Gasteiger partial charge >= 0.3 is 0 Å². The highest BCUT2D eigenvalue weighted by Gasteiger charge is 2.23. The molecule has 1 aromatic heterocycles. The van der Waals surface area contributed by atoms with Crippen LogP contribution in [0.2, 0.25) is 0 Å². The molecule has 0 aromatic carbocycles. The lowest BCUT2D eigenvalue weighted by atomic mass is 10.1. The summed E-state index contributed by atoms with van der Waals surface area (Å²) in [5.41, 5.74) is 1.72. The molecule has 1 unspecified atom stereocenters. The highest BCUT2D eigenvalue weighted by atomic mass is 32.1. The van der Waals surface area contributed by atoms with E-state index in [0.717, 1.165) is 24.5 Å². The number of aromatic nitrogens is 1. The van der Waals surface area contributed by atoms with Crippen LogP contribution in [0.3, 0.4) is 0 Å². The largest absolute Gasteiger partial charge is 0.336 e. The van der Waals surface area contributed by atoms with Crippen molar-refractivity contribution in [2.24, 2.45) is 5.92 Å². The van der Waals surface area contributed by atoms with E-state index >= 15 is 0 Å². The molecule has 4 nitrogen and oxygen atoms in total. The van der Waals surface area contributed by atoms with Crippen molar-refractivity contribution in [1.82, 2.24) is 15.2 Å². The summed E-state index contributed by atoms with van der Waals surface area (Å²) in [6.07, 6.45) is 4.06. The van der Waals surface area contributed by atoms with Gasteiger partial charge in [-0.05, 0) is 25.3 Å². The van der Waals surface area contributed by atoms with Gasteiger partial charge in [0.1, 0.15) is 4.88 Å². The Labute approximate surface area is 112 Å². The summed E-state index contributed by atoms with van der Waals surface area (Å²) in [4.78, 5) is 19.1. The zero-order valence-corrected chi connectivity index (χ0v) is 11.9. The van der Waals surface area contributed by atoms with Crippen LogP contribution in [0.25, 0.3) is 0 Å². The van der Waals surface area contributed by atoms with E-state index in [1.54, 1.807) is 11.7 Å². The van der Waals surface area contributed by atoms with Gasteiger partial charge in [0.2, 0.25) is 0 Å². The Morgan fingerprint density at radius 3 is 3.06 bits per heavy atom. The van der Waals surface area contributed by atoms with Gasteiger partial charge in [-0.15, -0.1) is 11.3 Å². The van der Waals surface area contributed by atoms with Crippen LogP contribution < -0.4 is 5.32 Å². The van der Waals surface area contributed by atoms with E-state index in [2.05, 4.69) is 24.1 Å². The number of hydrogen-bond donors (Lipinski definition) is 1. The molecule has 1 atom stereocenters. The molecule has 0 saturated carbocycles. The average Bonchev–Trinajstić information content (AvgIpc) is 2.99. The van der Waals surface area contributed by atoms with E-state index in [-0.39, 0.29) is 5.91 Å². The Balaban J connectivity index is 2.01. The molecule has 1 aromatic rings. The maximum Gasteiger partial charge on any atom is 0.265 e. The topological polar surface area (TPSA) is 45.2 Å². The average molecular weight is 267 g/mol. The molecule has 5 heteroatoms. The van der Waals surface area contributed by atoms with E-state index in [4.69, 9.17) is 0 Å². The minimum absolute atomic E-state index is 0.125. The lowest BCUT2D eigenvalue weighted by Crippen LogP contribution is -2.42. The van der Waals surface area contributed by atoms with E-state index in [9.17, 15) is 4.79 Å². The molecule has 0 bridgehead atoms. The summed E-state index contributed by atoms with van der Waals surface area (Å²) >= 11 is 1.42. The van der Waals surface area contributed by atoms with Crippen molar-refractivity contribution < 1.29 is 4.79 Å². The quantitative estimate of drug-likeness (QED) is 0.887. The van der Waals surface area contributed by atoms with Crippen LogP contribution in [-0.4, -0.2) is 41.5 Å². The van der Waals surface area contributed by atoms with Gasteiger partial charge in [-0.3, -0.25) is 9.78 Å². The van der Waals surface area contributed by atoms with Crippen molar-refractivity contribution in [2.45, 2.75) is 32.7 Å². The zero-order valence-electron chi connectivity index (χ0n) is 11.1. The van der Waals surface area contributed by atoms with Crippen molar-refractivity contribution in [1.29, 1.82) is 0 Å². The highest BCUT2D eigenvalue weighted by molar-refractivity contribution is 7.11. The predicted octanol–water partition coefficient (Wildman–Crippen LogP) is 1.99. The van der Waals surface area contributed by atoms with Crippen molar-refractivity contribution in [3.63, 3.8) is 0 Å². The third-order valence-corrected chi connectivity index (χ3v) is 3.88. The van der Waals surface area contributed by atoms with Crippen LogP contribution >= 0.6 is 11.3 Å². The number of carbonyl (C=O) groups excluding carboxylic acids is 1. The number of hydrogen-bond acceptors (Lipinski definition) is 4. The van der Waals surface area contributed by atoms with Crippen molar-refractivity contribution in [3.05, 3.63) is 16.6 Å². The maximum absolute atomic E-state index is 12.4. The summed E-state index contributed by atoms with van der Waals surface area (Å²) in [5.74, 6) is 0.614. The number of rotatable bonds is 5. The van der Waals surface area contributed by atoms with Crippen LogP contribution in [0.5, 0.6) is 0 Å². The third kappa shape index (κ3) is 3.53. The fraction of sp³-hybridized carbons (Fsp3) is 0.692. The molecule has 100 valence electrons. The summed E-state index contributed by atoms with van der Waals surface area (Å²) in [5, 5.41) is 3.45. The fourth-order valence-electron chi connectivity index (χ4n) is 2.34. The molecular formula is C13H21N3OS. The molecule has 0 radical (unpaired) electrons. The molecule has 1 N–H and O–H groups in total. The second-order valence-corrected chi connectivity index (χ2v) is 6.15. The molecule has 2 rings (SSSR count). The molecule has 0 spiro atoms. The van der Waals surface area contributed by atoms with Gasteiger partial charge in [-0.25, -0.2) is 0 Å². The lowest BCUT2D eigenvalue weighted by molar-refractivity contribution is 0.0726. The summed E-state index contributed by atoms with van der Waals surface area (Å²) < 4.78 is 0. The van der Waals surface area contributed by atoms with Gasteiger partial charge in [0.15, 0.2) is 0 Å². The second kappa shape index (κ2) is 6.29. The summed E-state index contributed by atoms with van der Waals surface area (Å²) in [6.45, 7) is 7.00. The van der Waals surface area contributed by atoms with Gasteiger partial charge in [-0.2, -0.15) is 0 Å². The van der Waals surface area contributed by atoms with Crippen LogP contribution in [0.1, 0.15) is 36.4 Å². The SMILES string of the molecule is CC(C)CN(CC1CCCN1)C(=O)c1cncs1. The highest BCUT2D eigenvalue weighted by Crippen LogP contribution is 2.14. The molecular weight excluding hydrogens is 246 g/mol. The normalized spacial score (nSPS) is 19.4. The first-order valence-corrected chi connectivity index (χ1v) is 7.46. The molecule has 18 heavy (non-hydrogen) atoms. The molecule has 1 saturated heterocycles. The summed E-state index contributed by atoms with van der Waals surface area (Å²) in [7, 11) is 0. The second-order valence-electron chi connectivity index (χ2n) is 5.26. The Kier molecular flexibility index (Phi) is 4.72. The minimum Gasteiger partial charge on any atom is -0.336 e. The Morgan fingerprint density at radius 2 is 2.50 bits per heavy atom. The number of carbonyl (C=O) groups is 1. The maximum atomic E-state index is 12.4. The van der Waals surface area contributed by atoms with Crippen LogP contribution in [0.4, 0.5) is 0 Å². The molecule has 1 aliphatic heterocycles. The van der Waals surface area contributed by atoms with Gasteiger partial charge in [0, 0.05) is 19.1 Å². The molecule has 2 heterocycles. The van der Waals surface area contributed by atoms with E-state index in [1.807, 2.05) is 4.90 Å². The first-order chi connectivity index (χ1) is 8.66. The Morgan fingerprint density at radius 1 is 1.67 bits per heavy atom. The number of nitrogens with one attached hydrogen (secondary N) is 1. The number of amides is 1. The molecule has 1 aliphatic rings. The van der Waals surface area contributed by atoms with Crippen LogP contribution in [0.15, 0.2) is 11.7 Å². The predicted molar refractivity (Wildman–Crippen MR) is 73.9 cm³/mol. The van der Waals surface area contributed by atoms with E-state index in [0.29, 0.717) is 12.0 Å². The molecule has 1 amide bonds. The molecule has 1 fully saturated rings. The van der Waals surface area contributed by atoms with Crippen LogP contribution in [0, 0.1) is 5.92 Å². The third-order valence-electron chi connectivity index (χ3n) is 3.12. The summed E-state index contributed by atoms with van der Waals surface area (Å²) in [6, 6.07) is 0.459. The van der Waals surface area contributed by atoms with Crippen molar-refractivity contribution >= 4 is 17.2 Å². The van der Waals surface area contributed by atoms with Gasteiger partial charge in [-0.1, -0.05) is 13.8 Å². The fourth-order valence-corrected chi connectivity index (χ4v) is 2.92. The Bertz CT molecular complexity index is 372. The van der Waals surface area contributed by atoms with Crippen LogP contribution in [-0.2, 0) is 0 Å². The number of thiazole rings is 1. The monoisotopic (exact) mass is 267 g/mol. The smallest absolute Gasteiger partial charge is 0.265 e. The number of nitrogens with zero attached hydrogens (tertiary/aromatic N) is 2. The first kappa shape index (κ1) is 13.5. The van der Waals surface area contributed by atoms with Gasteiger partial charge in [0.25, 0.3) is 5.91 Å². The first-order valence-electron chi connectivity index (χ1n) is 6.58. The molecule has 0 aliphatic carbocycles. The van der Waals surface area contributed by atoms with Gasteiger partial charge in [0.05, 0.1) is 11.7 Å². The minimum atomic E-state index is 0.125. The van der Waals surface area contributed by atoms with E-state index in [1.165, 1.54) is 24.2 Å². The van der Waals surface area contributed by atoms with Gasteiger partial charge < -0.3 is 10.2 Å². The Hall–Kier alpha value is -0.940. The standard InChI is InChI=1S/C13H21N3OS/c1-10(2)7-16(8-11-4-3-5-15-11)13(17)12-6-14-9-18-12/h6,9-11,15H,3-5,7-8H2,1-2H3. The van der Waals surface area contributed by atoms with Crippen molar-refractivity contribution in [3.8, 4) is 0 Å².